The normalized spacial score (nSPS) is 10.1. The molecule has 2 rings (SSSR count). The van der Waals surface area contributed by atoms with E-state index in [2.05, 4.69) is 20.8 Å². The molecular weight excluding hydrogens is 540 g/mol. The van der Waals surface area contributed by atoms with Gasteiger partial charge in [0.15, 0.2) is 0 Å². The van der Waals surface area contributed by atoms with Crippen LogP contribution in [-0.4, -0.2) is 0 Å². The molecule has 2 aromatic rings. The molecule has 0 saturated carbocycles. The maximum absolute atomic E-state index is 5.35. The van der Waals surface area contributed by atoms with Gasteiger partial charge in [-0.1, -0.05) is 36.4 Å². The van der Waals surface area contributed by atoms with Crippen LogP contribution in [0.4, 0.5) is 0 Å². The zero-order valence-corrected chi connectivity index (χ0v) is 20.9. The van der Waals surface area contributed by atoms with Gasteiger partial charge in [0.05, 0.1) is 0 Å². The molecule has 0 bridgehead atoms. The minimum Gasteiger partial charge on any atom is -1.00 e. The van der Waals surface area contributed by atoms with Gasteiger partial charge >= 0.3 is 17.1 Å². The number of hydrazine groups is 4. The first-order valence-corrected chi connectivity index (χ1v) is 12.4. The number of nitrogens with two attached hydrogens (primary N) is 4. The van der Waals surface area contributed by atoms with Gasteiger partial charge in [0.1, 0.15) is 11.5 Å². The molecule has 0 saturated heterocycles. The Morgan fingerprint density at radius 2 is 0.828 bits per heavy atom. The van der Waals surface area contributed by atoms with E-state index in [4.69, 9.17) is 56.0 Å². The number of benzene rings is 2. The summed E-state index contributed by atoms with van der Waals surface area (Å²) < 4.78 is 10.7. The topological polar surface area (TPSA) is 171 Å². The van der Waals surface area contributed by atoms with Gasteiger partial charge in [0.2, 0.25) is 0 Å². The first-order valence-electron chi connectivity index (χ1n) is 7.01. The summed E-state index contributed by atoms with van der Waals surface area (Å²) in [4.78, 5) is 0. The molecule has 0 unspecified atom stereocenters. The van der Waals surface area contributed by atoms with Crippen LogP contribution in [0.25, 0.3) is 0 Å². The van der Waals surface area contributed by atoms with E-state index in [1.54, 1.807) is 24.3 Å². The Hall–Kier alpha value is 0.119. The fourth-order valence-electron chi connectivity index (χ4n) is 1.44. The maximum Gasteiger partial charge on any atom is 2.00 e. The third kappa shape index (κ3) is 13.2. The molecule has 2 aromatic carbocycles. The van der Waals surface area contributed by atoms with Crippen molar-refractivity contribution >= 4 is 36.7 Å². The second-order valence-corrected chi connectivity index (χ2v) is 11.1. The smallest absolute Gasteiger partial charge is 1.00 e. The second kappa shape index (κ2) is 17.8. The molecule has 12 N–H and O–H groups in total. The summed E-state index contributed by atoms with van der Waals surface area (Å²) in [6.45, 7) is -5.03. The van der Waals surface area contributed by atoms with Crippen LogP contribution in [0.3, 0.4) is 0 Å². The summed E-state index contributed by atoms with van der Waals surface area (Å²) in [5.41, 5.74) is 0. The summed E-state index contributed by atoms with van der Waals surface area (Å²) in [6.07, 6.45) is 0. The molecular formula is C12H22Cl2MnN8O2P2S2. The second-order valence-electron chi connectivity index (χ2n) is 4.43. The summed E-state index contributed by atoms with van der Waals surface area (Å²) in [5, 5.41) is 9.38. The molecule has 0 aliphatic carbocycles. The van der Waals surface area contributed by atoms with E-state index < -0.39 is 13.1 Å². The molecule has 17 heteroatoms. The van der Waals surface area contributed by atoms with Crippen LogP contribution in [0.1, 0.15) is 0 Å². The molecule has 165 valence electrons. The van der Waals surface area contributed by atoms with Crippen molar-refractivity contribution in [3.05, 3.63) is 60.7 Å². The van der Waals surface area contributed by atoms with Crippen LogP contribution in [-0.2, 0) is 40.7 Å². The number of hydrogen-bond acceptors (Lipinski definition) is 8. The third-order valence-corrected chi connectivity index (χ3v) is 6.64. The first kappa shape index (κ1) is 33.7. The van der Waals surface area contributed by atoms with Gasteiger partial charge in [-0.05, 0) is 47.9 Å². The average molecular weight is 562 g/mol. The zero-order valence-electron chi connectivity index (χ0n) is 14.7. The summed E-state index contributed by atoms with van der Waals surface area (Å²) >= 11 is 10.0. The Morgan fingerprint density at radius 1 is 0.586 bits per heavy atom. The van der Waals surface area contributed by atoms with Crippen LogP contribution < -0.4 is 78.0 Å². The Morgan fingerprint density at radius 3 is 1.03 bits per heavy atom. The fourth-order valence-corrected chi connectivity index (χ4v) is 3.15. The van der Waals surface area contributed by atoms with Crippen molar-refractivity contribution in [3.8, 4) is 11.5 Å². The molecule has 0 amide bonds. The fraction of sp³-hybridized carbons (Fsp3) is 0. The molecule has 29 heavy (non-hydrogen) atoms. The van der Waals surface area contributed by atoms with Gasteiger partial charge in [-0.15, -0.1) is 0 Å². The molecule has 0 heterocycles. The average Bonchev–Trinajstić information content (AvgIpc) is 2.70. The number of para-hydroxylation sites is 2. The van der Waals surface area contributed by atoms with Crippen LogP contribution in [0.2, 0.25) is 0 Å². The molecule has 10 nitrogen and oxygen atoms in total. The third-order valence-electron chi connectivity index (χ3n) is 2.63. The molecule has 0 aromatic heterocycles. The van der Waals surface area contributed by atoms with Crippen molar-refractivity contribution in [1.82, 2.24) is 20.8 Å². The van der Waals surface area contributed by atoms with Gasteiger partial charge in [0, 0.05) is 0 Å². The van der Waals surface area contributed by atoms with Gasteiger partial charge in [-0.25, -0.2) is 0 Å². The SMILES string of the molecule is NNP(=S)(NN)Oc1ccccc1.NNP(=S)(NN)Oc1ccccc1.[Cl-].[Cl-].[Mn+2]. The van der Waals surface area contributed by atoms with Crippen molar-refractivity contribution in [2.75, 3.05) is 0 Å². The Kier molecular flexibility index (Phi) is 20.7. The zero-order chi connectivity index (χ0) is 19.5. The Balaban J connectivity index is -0.000000422. The Bertz CT molecular complexity index is 678. The van der Waals surface area contributed by atoms with Crippen LogP contribution in [0, 0.1) is 0 Å². The standard InChI is InChI=1S/2C6H11N4OPS.2ClH.Mn/c2*7-9-12(13,10-8)11-6-4-2-1-3-5-6;;;/h2*1-5H,7-8H2,(H2,9,10,13);2*1H;/q;;;;+2/p-2. The summed E-state index contributed by atoms with van der Waals surface area (Å²) in [7, 11) is 0. The van der Waals surface area contributed by atoms with Crippen molar-refractivity contribution in [1.29, 1.82) is 0 Å². The van der Waals surface area contributed by atoms with Crippen molar-refractivity contribution in [2.24, 2.45) is 23.4 Å². The molecule has 0 aliphatic rings. The summed E-state index contributed by atoms with van der Waals surface area (Å²) in [6, 6.07) is 18.2. The van der Waals surface area contributed by atoms with Gasteiger partial charge in [0.25, 0.3) is 13.1 Å². The molecule has 0 fully saturated rings. The summed E-state index contributed by atoms with van der Waals surface area (Å²) in [5.74, 6) is 22.0. The van der Waals surface area contributed by atoms with E-state index in [1.165, 1.54) is 0 Å². The van der Waals surface area contributed by atoms with E-state index in [1.807, 2.05) is 36.4 Å². The first-order chi connectivity index (χ1) is 12.4. The predicted molar refractivity (Wildman–Crippen MR) is 112 cm³/mol. The van der Waals surface area contributed by atoms with Crippen molar-refractivity contribution in [2.45, 2.75) is 0 Å². The molecule has 0 aliphatic heterocycles. The minimum absolute atomic E-state index is 0. The Labute approximate surface area is 203 Å². The quantitative estimate of drug-likeness (QED) is 0.0666. The van der Waals surface area contributed by atoms with Crippen LogP contribution >= 0.6 is 13.1 Å². The van der Waals surface area contributed by atoms with Crippen LogP contribution in [0.15, 0.2) is 60.7 Å². The van der Waals surface area contributed by atoms with Gasteiger partial charge in [-0.2, -0.15) is 20.8 Å². The van der Waals surface area contributed by atoms with Crippen molar-refractivity contribution in [3.63, 3.8) is 0 Å². The van der Waals surface area contributed by atoms with Gasteiger partial charge in [-0.3, -0.25) is 23.4 Å². The number of hydrogen-bond donors (Lipinski definition) is 8. The van der Waals surface area contributed by atoms with E-state index in [-0.39, 0.29) is 41.9 Å². The molecule has 0 atom stereocenters. The van der Waals surface area contributed by atoms with E-state index in [0.29, 0.717) is 11.5 Å². The van der Waals surface area contributed by atoms with E-state index in [9.17, 15) is 0 Å². The number of rotatable bonds is 8. The van der Waals surface area contributed by atoms with E-state index in [0.717, 1.165) is 0 Å². The van der Waals surface area contributed by atoms with E-state index >= 15 is 0 Å². The largest absolute Gasteiger partial charge is 2.00 e. The van der Waals surface area contributed by atoms with Crippen LogP contribution in [0.5, 0.6) is 11.5 Å². The number of halogens is 2. The monoisotopic (exact) mass is 561 g/mol. The van der Waals surface area contributed by atoms with Gasteiger partial charge < -0.3 is 33.9 Å². The maximum atomic E-state index is 5.35. The minimum atomic E-state index is -2.51. The molecule has 0 spiro atoms. The predicted octanol–water partition coefficient (Wildman–Crippen LogP) is -5.56. The number of nitrogens with one attached hydrogen (secondary N) is 4. The van der Waals surface area contributed by atoms with Crippen molar-refractivity contribution < 1.29 is 50.9 Å². The molecule has 1 radical (unpaired) electrons.